The van der Waals surface area contributed by atoms with Gasteiger partial charge in [-0.15, -0.1) is 0 Å². The number of urea groups is 1. The van der Waals surface area contributed by atoms with Crippen LogP contribution >= 0.6 is 0 Å². The normalized spacial score (nSPS) is 25.6. The first-order valence-corrected chi connectivity index (χ1v) is 9.68. The Kier molecular flexibility index (Phi) is 5.02. The minimum Gasteiger partial charge on any atom is -0.325 e. The summed E-state index contributed by atoms with van der Waals surface area (Å²) in [5.41, 5.74) is 1.03. The number of hydrogen-bond donors (Lipinski definition) is 2. The second-order valence-corrected chi connectivity index (χ2v) is 8.82. The molecule has 4 amide bonds. The van der Waals surface area contributed by atoms with Gasteiger partial charge in [-0.3, -0.25) is 14.5 Å². The van der Waals surface area contributed by atoms with Crippen molar-refractivity contribution in [1.29, 1.82) is 0 Å². The van der Waals surface area contributed by atoms with E-state index in [0.29, 0.717) is 12.1 Å². The molecule has 1 aromatic carbocycles. The number of carbonyl (C=O) groups is 3. The van der Waals surface area contributed by atoms with Crippen molar-refractivity contribution in [3.63, 3.8) is 0 Å². The molecule has 2 N–H and O–H groups in total. The Morgan fingerprint density at radius 2 is 1.89 bits per heavy atom. The largest absolute Gasteiger partial charge is 0.325 e. The van der Waals surface area contributed by atoms with Gasteiger partial charge in [-0.25, -0.2) is 4.79 Å². The van der Waals surface area contributed by atoms with Crippen molar-refractivity contribution >= 4 is 23.5 Å². The zero-order valence-corrected chi connectivity index (χ0v) is 16.6. The molecule has 1 saturated carbocycles. The predicted molar refractivity (Wildman–Crippen MR) is 104 cm³/mol. The summed E-state index contributed by atoms with van der Waals surface area (Å²) in [5.74, 6) is -0.554. The summed E-state index contributed by atoms with van der Waals surface area (Å²) in [7, 11) is 0. The molecule has 0 bridgehead atoms. The fourth-order valence-electron chi connectivity index (χ4n) is 4.04. The van der Waals surface area contributed by atoms with E-state index < -0.39 is 11.6 Å². The van der Waals surface area contributed by atoms with Crippen molar-refractivity contribution in [1.82, 2.24) is 10.2 Å². The van der Waals surface area contributed by atoms with Gasteiger partial charge in [0.05, 0.1) is 0 Å². The van der Waals surface area contributed by atoms with E-state index in [4.69, 9.17) is 0 Å². The highest BCUT2D eigenvalue weighted by molar-refractivity contribution is 6.10. The van der Waals surface area contributed by atoms with Gasteiger partial charge in [0.1, 0.15) is 12.1 Å². The van der Waals surface area contributed by atoms with Crippen molar-refractivity contribution in [2.24, 2.45) is 5.92 Å². The van der Waals surface area contributed by atoms with E-state index in [-0.39, 0.29) is 29.7 Å². The Balaban J connectivity index is 1.65. The van der Waals surface area contributed by atoms with Crippen molar-refractivity contribution in [2.45, 2.75) is 64.3 Å². The van der Waals surface area contributed by atoms with E-state index in [1.807, 2.05) is 31.2 Å². The maximum atomic E-state index is 12.9. The number of rotatable bonds is 3. The molecule has 6 heteroatoms. The zero-order chi connectivity index (χ0) is 19.8. The lowest BCUT2D eigenvalue weighted by Crippen LogP contribution is -2.54. The molecular formula is C21H29N3O3. The number of nitrogens with one attached hydrogen (secondary N) is 2. The molecule has 1 aliphatic heterocycles. The second kappa shape index (κ2) is 6.98. The Hall–Kier alpha value is -2.37. The summed E-state index contributed by atoms with van der Waals surface area (Å²) in [6.07, 6.45) is 3.53. The van der Waals surface area contributed by atoms with Gasteiger partial charge in [-0.1, -0.05) is 52.7 Å². The van der Waals surface area contributed by atoms with Crippen LogP contribution < -0.4 is 10.6 Å². The number of imide groups is 1. The molecule has 27 heavy (non-hydrogen) atoms. The first-order valence-electron chi connectivity index (χ1n) is 9.68. The highest BCUT2D eigenvalue weighted by Gasteiger charge is 2.55. The molecule has 1 spiro atoms. The number of hydrogen-bond acceptors (Lipinski definition) is 3. The lowest BCUT2D eigenvalue weighted by molar-refractivity contribution is -0.136. The molecule has 1 aromatic rings. The predicted octanol–water partition coefficient (Wildman–Crippen LogP) is 3.42. The smallest absolute Gasteiger partial charge is 0.325 e. The van der Waals surface area contributed by atoms with E-state index in [9.17, 15) is 14.4 Å². The first-order chi connectivity index (χ1) is 12.6. The highest BCUT2D eigenvalue weighted by atomic mass is 16.2. The van der Waals surface area contributed by atoms with Crippen molar-refractivity contribution in [2.75, 3.05) is 11.9 Å². The molecule has 1 saturated heterocycles. The Labute approximate surface area is 160 Å². The Bertz CT molecular complexity index is 751. The topological polar surface area (TPSA) is 78.5 Å². The van der Waals surface area contributed by atoms with Gasteiger partial charge < -0.3 is 10.6 Å². The van der Waals surface area contributed by atoms with E-state index >= 15 is 0 Å². The third-order valence-corrected chi connectivity index (χ3v) is 5.84. The van der Waals surface area contributed by atoms with Gasteiger partial charge >= 0.3 is 6.03 Å². The van der Waals surface area contributed by atoms with E-state index in [0.717, 1.165) is 24.2 Å². The van der Waals surface area contributed by atoms with Crippen LogP contribution in [0.5, 0.6) is 0 Å². The summed E-state index contributed by atoms with van der Waals surface area (Å²) in [6.45, 7) is 8.11. The quantitative estimate of drug-likeness (QED) is 0.799. The minimum absolute atomic E-state index is 0.0353. The minimum atomic E-state index is -0.829. The van der Waals surface area contributed by atoms with Crippen LogP contribution in [-0.4, -0.2) is 34.8 Å². The number of anilines is 1. The first kappa shape index (κ1) is 19.4. The van der Waals surface area contributed by atoms with E-state index in [1.165, 1.54) is 5.56 Å². The van der Waals surface area contributed by atoms with Gasteiger partial charge in [-0.05, 0) is 41.9 Å². The highest BCUT2D eigenvalue weighted by Crippen LogP contribution is 2.38. The van der Waals surface area contributed by atoms with Crippen molar-refractivity contribution in [3.05, 3.63) is 29.8 Å². The van der Waals surface area contributed by atoms with Crippen LogP contribution in [0.2, 0.25) is 0 Å². The number of nitrogens with zero attached hydrogens (tertiary/aromatic N) is 1. The van der Waals surface area contributed by atoms with Gasteiger partial charge in [0.2, 0.25) is 5.91 Å². The van der Waals surface area contributed by atoms with E-state index in [1.54, 1.807) is 0 Å². The molecule has 2 fully saturated rings. The summed E-state index contributed by atoms with van der Waals surface area (Å²) in [5, 5.41) is 5.65. The Morgan fingerprint density at radius 3 is 2.48 bits per heavy atom. The van der Waals surface area contributed by atoms with Crippen molar-refractivity contribution in [3.8, 4) is 0 Å². The van der Waals surface area contributed by atoms with Crippen LogP contribution in [0, 0.1) is 5.92 Å². The molecular weight excluding hydrogens is 342 g/mol. The van der Waals surface area contributed by atoms with Gasteiger partial charge in [0.25, 0.3) is 5.91 Å². The summed E-state index contributed by atoms with van der Waals surface area (Å²) < 4.78 is 0. The molecule has 3 rings (SSSR count). The number of carbonyl (C=O) groups excluding carboxylic acids is 3. The third-order valence-electron chi connectivity index (χ3n) is 5.84. The average Bonchev–Trinajstić information content (AvgIpc) is 2.82. The summed E-state index contributed by atoms with van der Waals surface area (Å²) in [4.78, 5) is 38.7. The zero-order valence-electron chi connectivity index (χ0n) is 16.6. The lowest BCUT2D eigenvalue weighted by Gasteiger charge is -2.36. The van der Waals surface area contributed by atoms with Crippen LogP contribution in [0.1, 0.15) is 58.9 Å². The van der Waals surface area contributed by atoms with Gasteiger partial charge in [0.15, 0.2) is 0 Å². The van der Waals surface area contributed by atoms with Gasteiger partial charge in [0, 0.05) is 5.69 Å². The standard InChI is InChI=1S/C21H29N3O3/c1-14-7-5-6-12-21(14)18(26)24(19(27)23-21)13-17(25)22-16-10-8-15(9-11-16)20(2,3)4/h8-11,14H,5-7,12-13H2,1-4H3,(H,22,25)(H,23,27). The summed E-state index contributed by atoms with van der Waals surface area (Å²) >= 11 is 0. The molecule has 2 unspecified atom stereocenters. The molecule has 2 aliphatic rings. The number of benzene rings is 1. The van der Waals surface area contributed by atoms with E-state index in [2.05, 4.69) is 31.4 Å². The van der Waals surface area contributed by atoms with Crippen LogP contribution in [0.25, 0.3) is 0 Å². The van der Waals surface area contributed by atoms with Crippen molar-refractivity contribution < 1.29 is 14.4 Å². The Morgan fingerprint density at radius 1 is 1.22 bits per heavy atom. The lowest BCUT2D eigenvalue weighted by atomic mass is 9.73. The van der Waals surface area contributed by atoms with Crippen LogP contribution in [0.3, 0.4) is 0 Å². The molecule has 1 heterocycles. The van der Waals surface area contributed by atoms with Crippen LogP contribution in [0.4, 0.5) is 10.5 Å². The molecule has 0 aromatic heterocycles. The fraction of sp³-hybridized carbons (Fsp3) is 0.571. The molecule has 0 radical (unpaired) electrons. The van der Waals surface area contributed by atoms with Crippen LogP contribution in [0.15, 0.2) is 24.3 Å². The monoisotopic (exact) mass is 371 g/mol. The summed E-state index contributed by atoms with van der Waals surface area (Å²) in [6, 6.07) is 7.17. The third kappa shape index (κ3) is 3.70. The van der Waals surface area contributed by atoms with Crippen LogP contribution in [-0.2, 0) is 15.0 Å². The molecule has 2 atom stereocenters. The SMILES string of the molecule is CC1CCCCC12NC(=O)N(CC(=O)Nc1ccc(C(C)(C)C)cc1)C2=O. The number of amides is 4. The molecule has 1 aliphatic carbocycles. The average molecular weight is 371 g/mol. The fourth-order valence-corrected chi connectivity index (χ4v) is 4.04. The maximum Gasteiger partial charge on any atom is 0.325 e. The van der Waals surface area contributed by atoms with Gasteiger partial charge in [-0.2, -0.15) is 0 Å². The maximum absolute atomic E-state index is 12.9. The molecule has 6 nitrogen and oxygen atoms in total. The molecule has 146 valence electrons. The second-order valence-electron chi connectivity index (χ2n) is 8.82.